The summed E-state index contributed by atoms with van der Waals surface area (Å²) in [5.74, 6) is -0.698. The van der Waals surface area contributed by atoms with Gasteiger partial charge in [0.25, 0.3) is 0 Å². The van der Waals surface area contributed by atoms with E-state index < -0.39 is 18.2 Å². The van der Waals surface area contributed by atoms with Crippen LogP contribution in [-0.4, -0.2) is 5.11 Å². The molecule has 2 aromatic rings. The van der Waals surface area contributed by atoms with E-state index in [0.29, 0.717) is 0 Å². The predicted octanol–water partition coefficient (Wildman–Crippen LogP) is 3.90. The predicted molar refractivity (Wildman–Crippen MR) is 63.8 cm³/mol. The molecule has 5 heteroatoms. The van der Waals surface area contributed by atoms with Crippen molar-refractivity contribution in [2.75, 3.05) is 0 Å². The van der Waals surface area contributed by atoms with E-state index in [1.165, 1.54) is 30.3 Å². The molecule has 2 aromatic carbocycles. The van der Waals surface area contributed by atoms with Gasteiger partial charge in [0.05, 0.1) is 17.2 Å². The highest BCUT2D eigenvalue weighted by Crippen LogP contribution is 2.29. The second-order valence-corrected chi connectivity index (χ2v) is 3.96. The smallest absolute Gasteiger partial charge is 0.142 e. The average Bonchev–Trinajstić information content (AvgIpc) is 2.34. The highest BCUT2D eigenvalue weighted by molar-refractivity contribution is 6.30. The Bertz CT molecular complexity index is 573. The van der Waals surface area contributed by atoms with Gasteiger partial charge < -0.3 is 9.84 Å². The Labute approximate surface area is 107 Å². The Balaban J connectivity index is 2.34. The average molecular weight is 271 g/mol. The third-order valence-electron chi connectivity index (χ3n) is 2.35. The maximum absolute atomic E-state index is 13.4. The molecule has 0 spiro atoms. The molecule has 2 nitrogen and oxygen atoms in total. The molecule has 0 fully saturated rings. The van der Waals surface area contributed by atoms with Crippen LogP contribution in [-0.2, 0) is 6.61 Å². The Morgan fingerprint density at radius 2 is 1.89 bits per heavy atom. The molecular weight excluding hydrogens is 262 g/mol. The molecule has 94 valence electrons. The highest BCUT2D eigenvalue weighted by atomic mass is 35.5. The summed E-state index contributed by atoms with van der Waals surface area (Å²) in [7, 11) is 0. The van der Waals surface area contributed by atoms with E-state index in [0.717, 1.165) is 6.07 Å². The summed E-state index contributed by atoms with van der Waals surface area (Å²) in [6, 6.07) is 7.97. The second kappa shape index (κ2) is 5.33. The monoisotopic (exact) mass is 270 g/mol. The van der Waals surface area contributed by atoms with Crippen LogP contribution in [0.5, 0.6) is 11.5 Å². The SMILES string of the molecule is OCc1c(F)cccc1Oc1ccc(F)c(Cl)c1. The molecule has 0 bridgehead atoms. The molecular formula is C13H9ClF2O2. The lowest BCUT2D eigenvalue weighted by Crippen LogP contribution is -1.95. The minimum Gasteiger partial charge on any atom is -0.457 e. The van der Waals surface area contributed by atoms with E-state index in [-0.39, 0.29) is 22.1 Å². The molecule has 0 saturated carbocycles. The second-order valence-electron chi connectivity index (χ2n) is 3.55. The third-order valence-corrected chi connectivity index (χ3v) is 2.64. The zero-order valence-corrected chi connectivity index (χ0v) is 9.92. The molecule has 0 aliphatic carbocycles. The van der Waals surface area contributed by atoms with Gasteiger partial charge >= 0.3 is 0 Å². The van der Waals surface area contributed by atoms with Crippen molar-refractivity contribution >= 4 is 11.6 Å². The molecule has 0 unspecified atom stereocenters. The molecule has 1 N–H and O–H groups in total. The molecule has 0 aromatic heterocycles. The summed E-state index contributed by atoms with van der Waals surface area (Å²) >= 11 is 5.61. The van der Waals surface area contributed by atoms with Gasteiger partial charge in [-0.25, -0.2) is 8.78 Å². The van der Waals surface area contributed by atoms with Gasteiger partial charge in [-0.15, -0.1) is 0 Å². The number of aliphatic hydroxyl groups excluding tert-OH is 1. The van der Waals surface area contributed by atoms with Crippen LogP contribution in [0.2, 0.25) is 5.02 Å². The fraction of sp³-hybridized carbons (Fsp3) is 0.0769. The summed E-state index contributed by atoms with van der Waals surface area (Å²) < 4.78 is 31.7. The number of rotatable bonds is 3. The third kappa shape index (κ3) is 2.60. The molecule has 0 aliphatic heterocycles. The summed E-state index contributed by atoms with van der Waals surface area (Å²) in [6.07, 6.45) is 0. The molecule has 0 aliphatic rings. The fourth-order valence-corrected chi connectivity index (χ4v) is 1.63. The molecule has 0 heterocycles. The van der Waals surface area contributed by atoms with Crippen molar-refractivity contribution < 1.29 is 18.6 Å². The van der Waals surface area contributed by atoms with Crippen LogP contribution in [0.4, 0.5) is 8.78 Å². The van der Waals surface area contributed by atoms with Crippen molar-refractivity contribution in [3.63, 3.8) is 0 Å². The van der Waals surface area contributed by atoms with E-state index in [1.54, 1.807) is 0 Å². The van der Waals surface area contributed by atoms with Gasteiger partial charge in [-0.3, -0.25) is 0 Å². The molecule has 0 radical (unpaired) electrons. The van der Waals surface area contributed by atoms with Crippen LogP contribution < -0.4 is 4.74 Å². The minimum absolute atomic E-state index is 0.0398. The van der Waals surface area contributed by atoms with Crippen molar-refractivity contribution in [2.24, 2.45) is 0 Å². The van der Waals surface area contributed by atoms with Crippen molar-refractivity contribution in [1.29, 1.82) is 0 Å². The van der Waals surface area contributed by atoms with Gasteiger partial charge in [0.2, 0.25) is 0 Å². The van der Waals surface area contributed by atoms with E-state index >= 15 is 0 Å². The lowest BCUT2D eigenvalue weighted by molar-refractivity contribution is 0.270. The van der Waals surface area contributed by atoms with Crippen LogP contribution in [0.3, 0.4) is 0 Å². The van der Waals surface area contributed by atoms with E-state index in [9.17, 15) is 8.78 Å². The number of aliphatic hydroxyl groups is 1. The van der Waals surface area contributed by atoms with Gasteiger partial charge in [-0.1, -0.05) is 17.7 Å². The van der Waals surface area contributed by atoms with Crippen LogP contribution >= 0.6 is 11.6 Å². The largest absolute Gasteiger partial charge is 0.457 e. The van der Waals surface area contributed by atoms with Crippen molar-refractivity contribution in [1.82, 2.24) is 0 Å². The molecule has 18 heavy (non-hydrogen) atoms. The first-order valence-electron chi connectivity index (χ1n) is 5.13. The summed E-state index contributed by atoms with van der Waals surface area (Å²) in [6.45, 7) is -0.489. The lowest BCUT2D eigenvalue weighted by atomic mass is 10.2. The minimum atomic E-state index is -0.566. The van der Waals surface area contributed by atoms with Crippen molar-refractivity contribution in [2.45, 2.75) is 6.61 Å². The maximum atomic E-state index is 13.4. The van der Waals surface area contributed by atoms with Crippen LogP contribution in [0.15, 0.2) is 36.4 Å². The maximum Gasteiger partial charge on any atom is 0.142 e. The fourth-order valence-electron chi connectivity index (χ4n) is 1.46. The Morgan fingerprint density at radius 1 is 1.11 bits per heavy atom. The first kappa shape index (κ1) is 12.8. The van der Waals surface area contributed by atoms with E-state index in [4.69, 9.17) is 21.4 Å². The molecule has 0 amide bonds. The lowest BCUT2D eigenvalue weighted by Gasteiger charge is -2.10. The molecule has 2 rings (SSSR count). The number of halogens is 3. The summed E-state index contributed by atoms with van der Waals surface area (Å²) in [4.78, 5) is 0. The van der Waals surface area contributed by atoms with Gasteiger partial charge in [0.1, 0.15) is 23.1 Å². The topological polar surface area (TPSA) is 29.5 Å². The van der Waals surface area contributed by atoms with E-state index in [1.807, 2.05) is 0 Å². The number of hydrogen-bond acceptors (Lipinski definition) is 2. The number of ether oxygens (including phenoxy) is 1. The van der Waals surface area contributed by atoms with Crippen LogP contribution in [0.1, 0.15) is 5.56 Å². The van der Waals surface area contributed by atoms with Crippen LogP contribution in [0, 0.1) is 11.6 Å². The van der Waals surface area contributed by atoms with Crippen LogP contribution in [0.25, 0.3) is 0 Å². The van der Waals surface area contributed by atoms with Crippen molar-refractivity contribution in [3.8, 4) is 11.5 Å². The van der Waals surface area contributed by atoms with Gasteiger partial charge in [0, 0.05) is 6.07 Å². The Hall–Kier alpha value is -1.65. The van der Waals surface area contributed by atoms with Gasteiger partial charge in [-0.05, 0) is 24.3 Å². The van der Waals surface area contributed by atoms with E-state index in [2.05, 4.69) is 0 Å². The van der Waals surface area contributed by atoms with Gasteiger partial charge in [-0.2, -0.15) is 0 Å². The quantitative estimate of drug-likeness (QED) is 0.916. The number of benzene rings is 2. The zero-order valence-electron chi connectivity index (χ0n) is 9.16. The Kier molecular flexibility index (Phi) is 3.79. The normalized spacial score (nSPS) is 10.4. The first-order chi connectivity index (χ1) is 8.61. The van der Waals surface area contributed by atoms with Crippen molar-refractivity contribution in [3.05, 3.63) is 58.6 Å². The molecule has 0 saturated heterocycles. The summed E-state index contributed by atoms with van der Waals surface area (Å²) in [5, 5.41) is 8.98. The zero-order chi connectivity index (χ0) is 13.1. The first-order valence-corrected chi connectivity index (χ1v) is 5.50. The molecule has 0 atom stereocenters. The Morgan fingerprint density at radius 3 is 2.56 bits per heavy atom. The van der Waals surface area contributed by atoms with Gasteiger partial charge in [0.15, 0.2) is 0 Å². The summed E-state index contributed by atoms with van der Waals surface area (Å²) in [5.41, 5.74) is 0.0398. The highest BCUT2D eigenvalue weighted by Gasteiger charge is 2.10. The number of hydrogen-bond donors (Lipinski definition) is 1. The standard InChI is InChI=1S/C13H9ClF2O2/c14-10-6-8(4-5-12(10)16)18-13-3-1-2-11(15)9(13)7-17/h1-6,17H,7H2.